The smallest absolute Gasteiger partial charge is 0.0783 e. The molecule has 3 nitrogen and oxygen atoms in total. The van der Waals surface area contributed by atoms with Crippen LogP contribution in [0.1, 0.15) is 24.3 Å². The molecule has 0 saturated carbocycles. The molecule has 16 heavy (non-hydrogen) atoms. The maximum absolute atomic E-state index is 9.74. The van der Waals surface area contributed by atoms with Crippen molar-refractivity contribution in [3.8, 4) is 5.69 Å². The van der Waals surface area contributed by atoms with E-state index in [1.54, 1.807) is 11.6 Å². The molecule has 1 atom stereocenters. The van der Waals surface area contributed by atoms with Gasteiger partial charge in [0.2, 0.25) is 0 Å². The highest BCUT2D eigenvalue weighted by Crippen LogP contribution is 2.25. The summed E-state index contributed by atoms with van der Waals surface area (Å²) in [5.74, 6) is 0. The zero-order valence-corrected chi connectivity index (χ0v) is 10.8. The zero-order chi connectivity index (χ0) is 11.7. The van der Waals surface area contributed by atoms with Crippen LogP contribution in [0.25, 0.3) is 5.69 Å². The van der Waals surface area contributed by atoms with E-state index in [0.717, 1.165) is 21.4 Å². The Labute approximate surface area is 103 Å². The van der Waals surface area contributed by atoms with E-state index in [0.29, 0.717) is 0 Å². The van der Waals surface area contributed by atoms with Crippen LogP contribution >= 0.6 is 15.9 Å². The SMILES string of the molecule is Cc1ccn(-c2ccc(Br)cc2C(C)O)n1. The zero-order valence-electron chi connectivity index (χ0n) is 9.18. The highest BCUT2D eigenvalue weighted by molar-refractivity contribution is 9.10. The lowest BCUT2D eigenvalue weighted by atomic mass is 10.1. The van der Waals surface area contributed by atoms with E-state index >= 15 is 0 Å². The molecular weight excluding hydrogens is 268 g/mol. The van der Waals surface area contributed by atoms with E-state index in [-0.39, 0.29) is 0 Å². The number of hydrogen-bond acceptors (Lipinski definition) is 2. The lowest BCUT2D eigenvalue weighted by molar-refractivity contribution is 0.199. The van der Waals surface area contributed by atoms with Crippen molar-refractivity contribution in [1.29, 1.82) is 0 Å². The minimum Gasteiger partial charge on any atom is -0.389 e. The van der Waals surface area contributed by atoms with Gasteiger partial charge in [-0.25, -0.2) is 4.68 Å². The molecule has 0 aliphatic rings. The molecule has 2 rings (SSSR count). The van der Waals surface area contributed by atoms with Crippen molar-refractivity contribution in [2.75, 3.05) is 0 Å². The van der Waals surface area contributed by atoms with Crippen molar-refractivity contribution in [2.24, 2.45) is 0 Å². The molecule has 1 aromatic heterocycles. The summed E-state index contributed by atoms with van der Waals surface area (Å²) in [5, 5.41) is 14.1. The van der Waals surface area contributed by atoms with Crippen molar-refractivity contribution in [1.82, 2.24) is 9.78 Å². The number of halogens is 1. The summed E-state index contributed by atoms with van der Waals surface area (Å²) >= 11 is 3.40. The first kappa shape index (κ1) is 11.4. The van der Waals surface area contributed by atoms with Gasteiger partial charge in [0.1, 0.15) is 0 Å². The monoisotopic (exact) mass is 280 g/mol. The molecule has 0 saturated heterocycles. The number of rotatable bonds is 2. The molecule has 1 N–H and O–H groups in total. The van der Waals surface area contributed by atoms with Crippen LogP contribution in [0.15, 0.2) is 34.9 Å². The Hall–Kier alpha value is -1.13. The fourth-order valence-electron chi connectivity index (χ4n) is 1.62. The van der Waals surface area contributed by atoms with Crippen LogP contribution in [-0.2, 0) is 0 Å². The molecule has 1 aromatic carbocycles. The fraction of sp³-hybridized carbons (Fsp3) is 0.250. The quantitative estimate of drug-likeness (QED) is 0.919. The fourth-order valence-corrected chi connectivity index (χ4v) is 2.00. The van der Waals surface area contributed by atoms with Crippen molar-refractivity contribution in [3.05, 3.63) is 46.2 Å². The second kappa shape index (κ2) is 4.39. The molecule has 0 spiro atoms. The third-order valence-electron chi connectivity index (χ3n) is 2.41. The summed E-state index contributed by atoms with van der Waals surface area (Å²) in [6.07, 6.45) is 1.38. The summed E-state index contributed by atoms with van der Waals surface area (Å²) in [6.45, 7) is 3.69. The highest BCUT2D eigenvalue weighted by Gasteiger charge is 2.10. The molecule has 0 aliphatic carbocycles. The number of nitrogens with zero attached hydrogens (tertiary/aromatic N) is 2. The van der Waals surface area contributed by atoms with Crippen LogP contribution in [0.5, 0.6) is 0 Å². The van der Waals surface area contributed by atoms with Crippen molar-refractivity contribution >= 4 is 15.9 Å². The molecule has 0 bridgehead atoms. The van der Waals surface area contributed by atoms with Gasteiger partial charge in [0, 0.05) is 16.2 Å². The van der Waals surface area contributed by atoms with Gasteiger partial charge in [0.25, 0.3) is 0 Å². The normalized spacial score (nSPS) is 12.8. The molecule has 0 radical (unpaired) electrons. The summed E-state index contributed by atoms with van der Waals surface area (Å²) < 4.78 is 2.74. The lowest BCUT2D eigenvalue weighted by Gasteiger charge is -2.12. The third kappa shape index (κ3) is 2.18. The standard InChI is InChI=1S/C12H13BrN2O/c1-8-5-6-15(14-8)12-4-3-10(13)7-11(12)9(2)16/h3-7,9,16H,1-2H3. The lowest BCUT2D eigenvalue weighted by Crippen LogP contribution is -2.03. The second-order valence-corrected chi connectivity index (χ2v) is 4.70. The number of aliphatic hydroxyl groups excluding tert-OH is 1. The molecule has 84 valence electrons. The van der Waals surface area contributed by atoms with Crippen molar-refractivity contribution in [2.45, 2.75) is 20.0 Å². The van der Waals surface area contributed by atoms with Crippen LogP contribution in [0, 0.1) is 6.92 Å². The molecular formula is C12H13BrN2O. The summed E-state index contributed by atoms with van der Waals surface area (Å²) in [4.78, 5) is 0. The predicted molar refractivity (Wildman–Crippen MR) is 66.6 cm³/mol. The maximum Gasteiger partial charge on any atom is 0.0783 e. The van der Waals surface area contributed by atoms with Gasteiger partial charge in [0.15, 0.2) is 0 Å². The number of aliphatic hydroxyl groups is 1. The predicted octanol–water partition coefficient (Wildman–Crippen LogP) is 3.00. The van der Waals surface area contributed by atoms with Crippen LogP contribution < -0.4 is 0 Å². The average Bonchev–Trinajstić information content (AvgIpc) is 2.64. The van der Waals surface area contributed by atoms with E-state index in [9.17, 15) is 5.11 Å². The average molecular weight is 281 g/mol. The van der Waals surface area contributed by atoms with Crippen molar-refractivity contribution in [3.63, 3.8) is 0 Å². The molecule has 0 amide bonds. The van der Waals surface area contributed by atoms with E-state index in [1.807, 2.05) is 37.4 Å². The van der Waals surface area contributed by atoms with Gasteiger partial charge in [0.05, 0.1) is 17.5 Å². The molecule has 0 aliphatic heterocycles. The van der Waals surface area contributed by atoms with Crippen LogP contribution in [0.3, 0.4) is 0 Å². The topological polar surface area (TPSA) is 38.0 Å². The van der Waals surface area contributed by atoms with E-state index in [4.69, 9.17) is 0 Å². The molecule has 2 aromatic rings. The molecule has 4 heteroatoms. The largest absolute Gasteiger partial charge is 0.389 e. The van der Waals surface area contributed by atoms with Crippen LogP contribution in [-0.4, -0.2) is 14.9 Å². The Balaban J connectivity index is 2.56. The first-order valence-electron chi connectivity index (χ1n) is 5.08. The Bertz CT molecular complexity index is 505. The minimum absolute atomic E-state index is 0.517. The Morgan fingerprint density at radius 3 is 2.69 bits per heavy atom. The highest BCUT2D eigenvalue weighted by atomic mass is 79.9. The van der Waals surface area contributed by atoms with Crippen LogP contribution in [0.4, 0.5) is 0 Å². The Morgan fingerprint density at radius 1 is 1.38 bits per heavy atom. The van der Waals surface area contributed by atoms with Gasteiger partial charge >= 0.3 is 0 Å². The maximum atomic E-state index is 9.74. The minimum atomic E-state index is -0.517. The molecule has 0 fully saturated rings. The Kier molecular flexibility index (Phi) is 3.12. The third-order valence-corrected chi connectivity index (χ3v) is 2.90. The van der Waals surface area contributed by atoms with Gasteiger partial charge in [-0.3, -0.25) is 0 Å². The summed E-state index contributed by atoms with van der Waals surface area (Å²) in [5.41, 5.74) is 2.73. The number of aromatic nitrogens is 2. The number of hydrogen-bond donors (Lipinski definition) is 1. The number of aryl methyl sites for hydroxylation is 1. The second-order valence-electron chi connectivity index (χ2n) is 3.78. The van der Waals surface area contributed by atoms with Gasteiger partial charge in [-0.2, -0.15) is 5.10 Å². The summed E-state index contributed by atoms with van der Waals surface area (Å²) in [7, 11) is 0. The first-order chi connectivity index (χ1) is 7.58. The number of benzene rings is 1. The van der Waals surface area contributed by atoms with E-state index in [2.05, 4.69) is 21.0 Å². The van der Waals surface area contributed by atoms with E-state index in [1.165, 1.54) is 0 Å². The van der Waals surface area contributed by atoms with Gasteiger partial charge in [-0.1, -0.05) is 15.9 Å². The van der Waals surface area contributed by atoms with Gasteiger partial charge in [-0.15, -0.1) is 0 Å². The Morgan fingerprint density at radius 2 is 2.12 bits per heavy atom. The van der Waals surface area contributed by atoms with Gasteiger partial charge in [-0.05, 0) is 38.1 Å². The first-order valence-corrected chi connectivity index (χ1v) is 5.87. The van der Waals surface area contributed by atoms with Gasteiger partial charge < -0.3 is 5.11 Å². The molecule has 1 unspecified atom stereocenters. The molecule has 1 heterocycles. The van der Waals surface area contributed by atoms with E-state index < -0.39 is 6.10 Å². The van der Waals surface area contributed by atoms with Crippen LogP contribution in [0.2, 0.25) is 0 Å². The summed E-state index contributed by atoms with van der Waals surface area (Å²) in [6, 6.07) is 7.74. The van der Waals surface area contributed by atoms with Crippen molar-refractivity contribution < 1.29 is 5.11 Å².